The van der Waals surface area contributed by atoms with Crippen LogP contribution in [0.5, 0.6) is 0 Å². The minimum Gasteiger partial charge on any atom is -0.369 e. The molecule has 0 radical (unpaired) electrons. The molecule has 1 saturated carbocycles. The van der Waals surface area contributed by atoms with Crippen LogP contribution in [0.4, 0.5) is 5.69 Å². The van der Waals surface area contributed by atoms with Crippen LogP contribution in [0.3, 0.4) is 0 Å². The maximum atomic E-state index is 6.01. The van der Waals surface area contributed by atoms with Crippen LogP contribution in [0.1, 0.15) is 38.2 Å². The van der Waals surface area contributed by atoms with E-state index in [1.54, 1.807) is 0 Å². The Morgan fingerprint density at radius 2 is 1.94 bits per heavy atom. The van der Waals surface area contributed by atoms with Crippen LogP contribution in [0.2, 0.25) is 0 Å². The molecule has 0 spiro atoms. The maximum Gasteiger partial charge on any atom is 0.0494 e. The van der Waals surface area contributed by atoms with E-state index in [9.17, 15) is 0 Å². The zero-order chi connectivity index (χ0) is 11.4. The van der Waals surface area contributed by atoms with Crippen LogP contribution < -0.4 is 4.90 Å². The van der Waals surface area contributed by atoms with Gasteiger partial charge < -0.3 is 4.90 Å². The molecule has 0 bridgehead atoms. The Labute approximate surface area is 103 Å². The lowest BCUT2D eigenvalue weighted by Gasteiger charge is -2.31. The molecule has 0 atom stereocenters. The van der Waals surface area contributed by atoms with Crippen molar-refractivity contribution < 1.29 is 0 Å². The molecule has 1 fully saturated rings. The molecule has 88 valence electrons. The molecule has 2 heteroatoms. The molecule has 1 aliphatic carbocycles. The second-order valence-electron chi connectivity index (χ2n) is 4.49. The van der Waals surface area contributed by atoms with Gasteiger partial charge in [-0.1, -0.05) is 31.0 Å². The molecule has 0 heterocycles. The summed E-state index contributed by atoms with van der Waals surface area (Å²) in [6.45, 7) is 3.32. The van der Waals surface area contributed by atoms with E-state index in [1.165, 1.54) is 36.9 Å². The standard InChI is InChI=1S/C14H20ClN/c1-2-16(13-8-4-5-9-13)14-10-6-3-7-12(14)11-15/h3,6-7,10,13H,2,4-5,8-9,11H2,1H3. The predicted molar refractivity (Wildman–Crippen MR) is 71.3 cm³/mol. The lowest BCUT2D eigenvalue weighted by molar-refractivity contribution is 0.618. The third-order valence-corrected chi connectivity index (χ3v) is 3.84. The van der Waals surface area contributed by atoms with Crippen molar-refractivity contribution in [3.8, 4) is 0 Å². The van der Waals surface area contributed by atoms with Crippen LogP contribution in [0.15, 0.2) is 24.3 Å². The topological polar surface area (TPSA) is 3.24 Å². The summed E-state index contributed by atoms with van der Waals surface area (Å²) in [5.74, 6) is 0.611. The van der Waals surface area contributed by atoms with Gasteiger partial charge in [0.1, 0.15) is 0 Å². The van der Waals surface area contributed by atoms with Crippen molar-refractivity contribution in [2.75, 3.05) is 11.4 Å². The van der Waals surface area contributed by atoms with Crippen molar-refractivity contribution in [3.05, 3.63) is 29.8 Å². The molecule has 1 aromatic rings. The Kier molecular flexibility index (Phi) is 4.11. The average Bonchev–Trinajstić information content (AvgIpc) is 2.84. The number of alkyl halides is 1. The highest BCUT2D eigenvalue weighted by atomic mass is 35.5. The molecule has 0 aromatic heterocycles. The molecule has 0 amide bonds. The summed E-state index contributed by atoms with van der Waals surface area (Å²) in [4.78, 5) is 2.53. The first-order valence-corrected chi connectivity index (χ1v) is 6.80. The lowest BCUT2D eigenvalue weighted by atomic mass is 10.1. The first kappa shape index (κ1) is 11.8. The molecular formula is C14H20ClN. The highest BCUT2D eigenvalue weighted by Crippen LogP contribution is 2.30. The second kappa shape index (κ2) is 5.58. The zero-order valence-corrected chi connectivity index (χ0v) is 10.7. The Balaban J connectivity index is 2.24. The van der Waals surface area contributed by atoms with Crippen molar-refractivity contribution in [2.24, 2.45) is 0 Å². The number of anilines is 1. The van der Waals surface area contributed by atoms with Crippen LogP contribution in [0, 0.1) is 0 Å². The molecule has 0 saturated heterocycles. The summed E-state index contributed by atoms with van der Waals surface area (Å²) in [6, 6.07) is 9.26. The number of hydrogen-bond donors (Lipinski definition) is 0. The number of halogens is 1. The summed E-state index contributed by atoms with van der Waals surface area (Å²) < 4.78 is 0. The number of nitrogens with zero attached hydrogens (tertiary/aromatic N) is 1. The normalized spacial score (nSPS) is 16.6. The van der Waals surface area contributed by atoms with E-state index < -0.39 is 0 Å². The fourth-order valence-corrected chi connectivity index (χ4v) is 2.97. The van der Waals surface area contributed by atoms with Crippen molar-refractivity contribution in [1.29, 1.82) is 0 Å². The molecule has 0 aliphatic heterocycles. The first-order valence-electron chi connectivity index (χ1n) is 6.27. The number of para-hydroxylation sites is 1. The summed E-state index contributed by atoms with van der Waals surface area (Å²) in [5.41, 5.74) is 2.60. The van der Waals surface area contributed by atoms with Gasteiger partial charge in [-0.3, -0.25) is 0 Å². The van der Waals surface area contributed by atoms with E-state index in [0.29, 0.717) is 5.88 Å². The number of benzene rings is 1. The first-order chi connectivity index (χ1) is 7.86. The minimum absolute atomic E-state index is 0.611. The quantitative estimate of drug-likeness (QED) is 0.710. The van der Waals surface area contributed by atoms with E-state index in [1.807, 2.05) is 0 Å². The summed E-state index contributed by atoms with van der Waals surface area (Å²) >= 11 is 6.01. The smallest absolute Gasteiger partial charge is 0.0494 e. The van der Waals surface area contributed by atoms with Crippen LogP contribution in [-0.2, 0) is 5.88 Å². The fraction of sp³-hybridized carbons (Fsp3) is 0.571. The van der Waals surface area contributed by atoms with Crippen molar-refractivity contribution in [2.45, 2.75) is 44.5 Å². The number of hydrogen-bond acceptors (Lipinski definition) is 1. The van der Waals surface area contributed by atoms with Crippen molar-refractivity contribution in [3.63, 3.8) is 0 Å². The van der Waals surface area contributed by atoms with E-state index in [2.05, 4.69) is 36.1 Å². The Morgan fingerprint density at radius 1 is 1.25 bits per heavy atom. The fourth-order valence-electron chi connectivity index (χ4n) is 2.75. The van der Waals surface area contributed by atoms with Crippen LogP contribution >= 0.6 is 11.6 Å². The zero-order valence-electron chi connectivity index (χ0n) is 9.95. The summed E-state index contributed by atoms with van der Waals surface area (Å²) in [6.07, 6.45) is 5.43. The lowest BCUT2D eigenvalue weighted by Crippen LogP contribution is -2.33. The third-order valence-electron chi connectivity index (χ3n) is 3.55. The SMILES string of the molecule is CCN(c1ccccc1CCl)C1CCCC1. The highest BCUT2D eigenvalue weighted by molar-refractivity contribution is 6.17. The number of rotatable bonds is 4. The van der Waals surface area contributed by atoms with Gasteiger partial charge in [-0.15, -0.1) is 11.6 Å². The predicted octanol–water partition coefficient (Wildman–Crippen LogP) is 4.19. The Hall–Kier alpha value is -0.690. The highest BCUT2D eigenvalue weighted by Gasteiger charge is 2.22. The molecule has 0 unspecified atom stereocenters. The average molecular weight is 238 g/mol. The molecule has 16 heavy (non-hydrogen) atoms. The molecule has 2 rings (SSSR count). The third kappa shape index (κ3) is 2.35. The second-order valence-corrected chi connectivity index (χ2v) is 4.75. The van der Waals surface area contributed by atoms with Gasteiger partial charge in [0.25, 0.3) is 0 Å². The summed E-state index contributed by atoms with van der Waals surface area (Å²) in [5, 5.41) is 0. The van der Waals surface area contributed by atoms with E-state index in [4.69, 9.17) is 11.6 Å². The molecule has 1 aromatic carbocycles. The van der Waals surface area contributed by atoms with Gasteiger partial charge in [-0.05, 0) is 31.4 Å². The van der Waals surface area contributed by atoms with Crippen molar-refractivity contribution in [1.82, 2.24) is 0 Å². The van der Waals surface area contributed by atoms with Crippen LogP contribution in [-0.4, -0.2) is 12.6 Å². The van der Waals surface area contributed by atoms with Gasteiger partial charge in [0.15, 0.2) is 0 Å². The Morgan fingerprint density at radius 3 is 2.56 bits per heavy atom. The maximum absolute atomic E-state index is 6.01. The van der Waals surface area contributed by atoms with Gasteiger partial charge in [0.05, 0.1) is 0 Å². The molecule has 1 nitrogen and oxygen atoms in total. The van der Waals surface area contributed by atoms with E-state index in [-0.39, 0.29) is 0 Å². The van der Waals surface area contributed by atoms with E-state index >= 15 is 0 Å². The molecule has 0 N–H and O–H groups in total. The van der Waals surface area contributed by atoms with Gasteiger partial charge in [-0.2, -0.15) is 0 Å². The van der Waals surface area contributed by atoms with Crippen LogP contribution in [0.25, 0.3) is 0 Å². The monoisotopic (exact) mass is 237 g/mol. The molecule has 1 aliphatic rings. The minimum atomic E-state index is 0.611. The summed E-state index contributed by atoms with van der Waals surface area (Å²) in [7, 11) is 0. The van der Waals surface area contributed by atoms with Crippen molar-refractivity contribution >= 4 is 17.3 Å². The molecular weight excluding hydrogens is 218 g/mol. The largest absolute Gasteiger partial charge is 0.369 e. The Bertz CT molecular complexity index is 331. The van der Waals surface area contributed by atoms with Gasteiger partial charge in [0, 0.05) is 24.2 Å². The van der Waals surface area contributed by atoms with Gasteiger partial charge in [0.2, 0.25) is 0 Å². The van der Waals surface area contributed by atoms with E-state index in [0.717, 1.165) is 12.6 Å². The van der Waals surface area contributed by atoms with Gasteiger partial charge >= 0.3 is 0 Å². The van der Waals surface area contributed by atoms with Gasteiger partial charge in [-0.25, -0.2) is 0 Å².